The van der Waals surface area contributed by atoms with Gasteiger partial charge in [0.25, 0.3) is 0 Å². The second kappa shape index (κ2) is 6.47. The molecule has 0 bridgehead atoms. The number of hydrogen-bond acceptors (Lipinski definition) is 4. The van der Waals surface area contributed by atoms with Gasteiger partial charge in [0.1, 0.15) is 0 Å². The highest BCUT2D eigenvalue weighted by Gasteiger charge is 2.11. The molecule has 0 saturated heterocycles. The lowest BCUT2D eigenvalue weighted by Crippen LogP contribution is -2.30. The Hall–Kier alpha value is -1.46. The molecule has 18 heavy (non-hydrogen) atoms. The van der Waals surface area contributed by atoms with Crippen LogP contribution in [0.1, 0.15) is 18.9 Å². The summed E-state index contributed by atoms with van der Waals surface area (Å²) < 4.78 is 5.00. The second-order valence-electron chi connectivity index (χ2n) is 4.07. The van der Waals surface area contributed by atoms with E-state index in [-0.39, 0.29) is 24.1 Å². The van der Waals surface area contributed by atoms with Crippen LogP contribution < -0.4 is 15.8 Å². The molecule has 5 nitrogen and oxygen atoms in total. The number of phenolic OH excluding ortho intramolecular Hbond substituents is 1. The first-order chi connectivity index (χ1) is 8.43. The Morgan fingerprint density at radius 2 is 2.28 bits per heavy atom. The maximum atomic E-state index is 10.7. The molecule has 1 rings (SSSR count). The second-order valence-corrected chi connectivity index (χ2v) is 4.50. The molecule has 0 aliphatic heterocycles. The van der Waals surface area contributed by atoms with Crippen molar-refractivity contribution < 1.29 is 14.6 Å². The molecular weight excluding hydrogens is 256 g/mol. The number of amides is 1. The number of hydrogen-bond donors (Lipinski definition) is 3. The number of primary amides is 1. The predicted molar refractivity (Wildman–Crippen MR) is 69.8 cm³/mol. The van der Waals surface area contributed by atoms with E-state index in [1.807, 2.05) is 6.92 Å². The lowest BCUT2D eigenvalue weighted by Gasteiger charge is -2.14. The van der Waals surface area contributed by atoms with Crippen LogP contribution in [0.25, 0.3) is 0 Å². The largest absolute Gasteiger partial charge is 0.504 e. The zero-order valence-corrected chi connectivity index (χ0v) is 11.1. The number of aromatic hydroxyl groups is 1. The molecule has 1 atom stereocenters. The first-order valence-corrected chi connectivity index (χ1v) is 5.89. The zero-order chi connectivity index (χ0) is 13.7. The van der Waals surface area contributed by atoms with Gasteiger partial charge >= 0.3 is 0 Å². The Kier molecular flexibility index (Phi) is 5.25. The van der Waals surface area contributed by atoms with Crippen LogP contribution in [0, 0.1) is 0 Å². The van der Waals surface area contributed by atoms with Gasteiger partial charge in [-0.05, 0) is 13.0 Å². The summed E-state index contributed by atoms with van der Waals surface area (Å²) in [6.07, 6.45) is 0.235. The first kappa shape index (κ1) is 14.6. The number of halogens is 1. The van der Waals surface area contributed by atoms with E-state index in [0.717, 1.165) is 0 Å². The van der Waals surface area contributed by atoms with E-state index in [2.05, 4.69) is 5.32 Å². The van der Waals surface area contributed by atoms with Crippen molar-refractivity contribution in [2.24, 2.45) is 5.73 Å². The van der Waals surface area contributed by atoms with Crippen LogP contribution in [0.2, 0.25) is 5.02 Å². The molecule has 100 valence electrons. The van der Waals surface area contributed by atoms with Crippen LogP contribution in [-0.2, 0) is 11.3 Å². The van der Waals surface area contributed by atoms with Crippen LogP contribution in [0.15, 0.2) is 12.1 Å². The van der Waals surface area contributed by atoms with Crippen molar-refractivity contribution in [3.8, 4) is 11.5 Å². The highest BCUT2D eigenvalue weighted by atomic mass is 35.5. The molecule has 1 unspecified atom stereocenters. The van der Waals surface area contributed by atoms with Crippen LogP contribution >= 0.6 is 11.6 Å². The van der Waals surface area contributed by atoms with E-state index in [1.54, 1.807) is 6.07 Å². The van der Waals surface area contributed by atoms with Gasteiger partial charge in [0.15, 0.2) is 11.5 Å². The van der Waals surface area contributed by atoms with E-state index in [9.17, 15) is 9.90 Å². The van der Waals surface area contributed by atoms with Crippen molar-refractivity contribution >= 4 is 17.5 Å². The monoisotopic (exact) mass is 272 g/mol. The fraction of sp³-hybridized carbons (Fsp3) is 0.417. The summed E-state index contributed by atoms with van der Waals surface area (Å²) in [6, 6.07) is 3.10. The van der Waals surface area contributed by atoms with Crippen LogP contribution in [0.3, 0.4) is 0 Å². The third-order valence-electron chi connectivity index (χ3n) is 2.49. The molecule has 0 aliphatic carbocycles. The molecule has 0 heterocycles. The summed E-state index contributed by atoms with van der Waals surface area (Å²) in [5.74, 6) is -0.00886. The molecule has 0 aliphatic rings. The van der Waals surface area contributed by atoms with E-state index < -0.39 is 0 Å². The molecular formula is C12H17ClN2O3. The van der Waals surface area contributed by atoms with Crippen molar-refractivity contribution in [1.29, 1.82) is 0 Å². The van der Waals surface area contributed by atoms with Crippen molar-refractivity contribution in [3.05, 3.63) is 22.7 Å². The van der Waals surface area contributed by atoms with Gasteiger partial charge in [-0.25, -0.2) is 0 Å². The minimum atomic E-state index is -0.372. The summed E-state index contributed by atoms with van der Waals surface area (Å²) in [5, 5.41) is 13.4. The SMILES string of the molecule is COc1cc(Cl)cc(CNC(C)CC(N)=O)c1O. The molecule has 0 spiro atoms. The fourth-order valence-corrected chi connectivity index (χ4v) is 1.81. The molecule has 1 aromatic rings. The lowest BCUT2D eigenvalue weighted by atomic mass is 10.1. The van der Waals surface area contributed by atoms with Gasteiger partial charge in [0, 0.05) is 35.7 Å². The van der Waals surface area contributed by atoms with Crippen LogP contribution in [-0.4, -0.2) is 24.2 Å². The molecule has 1 amide bonds. The van der Waals surface area contributed by atoms with Crippen molar-refractivity contribution in [1.82, 2.24) is 5.32 Å². The molecule has 0 aromatic heterocycles. The number of carbonyl (C=O) groups excluding carboxylic acids is 1. The Balaban J connectivity index is 2.72. The minimum Gasteiger partial charge on any atom is -0.504 e. The summed E-state index contributed by atoms with van der Waals surface area (Å²) in [6.45, 7) is 2.21. The van der Waals surface area contributed by atoms with E-state index >= 15 is 0 Å². The highest BCUT2D eigenvalue weighted by molar-refractivity contribution is 6.30. The number of nitrogens with one attached hydrogen (secondary N) is 1. The first-order valence-electron chi connectivity index (χ1n) is 5.51. The molecule has 6 heteroatoms. The summed E-state index contributed by atoms with van der Waals surface area (Å²) in [4.78, 5) is 10.7. The van der Waals surface area contributed by atoms with E-state index in [1.165, 1.54) is 13.2 Å². The minimum absolute atomic E-state index is 0.0423. The van der Waals surface area contributed by atoms with E-state index in [0.29, 0.717) is 22.9 Å². The Bertz CT molecular complexity index is 438. The molecule has 1 aromatic carbocycles. The van der Waals surface area contributed by atoms with Crippen molar-refractivity contribution in [2.45, 2.75) is 25.9 Å². The van der Waals surface area contributed by atoms with E-state index in [4.69, 9.17) is 22.1 Å². The number of ether oxygens (including phenoxy) is 1. The summed E-state index contributed by atoms with van der Waals surface area (Å²) in [5.41, 5.74) is 5.70. The van der Waals surface area contributed by atoms with Crippen molar-refractivity contribution in [2.75, 3.05) is 7.11 Å². The standard InChI is InChI=1S/C12H17ClN2O3/c1-7(3-11(14)16)15-6-8-4-9(13)5-10(18-2)12(8)17/h4-5,7,15,17H,3,6H2,1-2H3,(H2,14,16). The Morgan fingerprint density at radius 1 is 1.61 bits per heavy atom. The molecule has 0 fully saturated rings. The van der Waals surface area contributed by atoms with Gasteiger partial charge in [0.05, 0.1) is 7.11 Å². The smallest absolute Gasteiger partial charge is 0.218 e. The predicted octanol–water partition coefficient (Wildman–Crippen LogP) is 1.41. The third-order valence-corrected chi connectivity index (χ3v) is 2.71. The number of phenols is 1. The number of benzene rings is 1. The van der Waals surface area contributed by atoms with Crippen LogP contribution in [0.5, 0.6) is 11.5 Å². The Labute approximate surface area is 111 Å². The molecule has 4 N–H and O–H groups in total. The lowest BCUT2D eigenvalue weighted by molar-refractivity contribution is -0.118. The zero-order valence-electron chi connectivity index (χ0n) is 10.4. The molecule has 0 radical (unpaired) electrons. The highest BCUT2D eigenvalue weighted by Crippen LogP contribution is 2.33. The van der Waals surface area contributed by atoms with Gasteiger partial charge in [-0.1, -0.05) is 11.6 Å². The maximum absolute atomic E-state index is 10.7. The van der Waals surface area contributed by atoms with Gasteiger partial charge in [0.2, 0.25) is 5.91 Å². The summed E-state index contributed by atoms with van der Waals surface area (Å²) in [7, 11) is 1.46. The number of methoxy groups -OCH3 is 1. The van der Waals surface area contributed by atoms with Gasteiger partial charge in [-0.3, -0.25) is 4.79 Å². The average Bonchev–Trinajstić information content (AvgIpc) is 2.28. The number of carbonyl (C=O) groups is 1. The van der Waals surface area contributed by atoms with Crippen molar-refractivity contribution in [3.63, 3.8) is 0 Å². The maximum Gasteiger partial charge on any atom is 0.218 e. The normalized spacial score (nSPS) is 12.2. The number of nitrogens with two attached hydrogens (primary N) is 1. The summed E-state index contributed by atoms with van der Waals surface area (Å²) >= 11 is 5.91. The fourth-order valence-electron chi connectivity index (χ4n) is 1.58. The number of rotatable bonds is 6. The quantitative estimate of drug-likeness (QED) is 0.731. The van der Waals surface area contributed by atoms with Crippen LogP contribution in [0.4, 0.5) is 0 Å². The van der Waals surface area contributed by atoms with Gasteiger partial charge < -0.3 is 20.9 Å². The van der Waals surface area contributed by atoms with Gasteiger partial charge in [-0.15, -0.1) is 0 Å². The molecule has 0 saturated carbocycles. The van der Waals surface area contributed by atoms with Gasteiger partial charge in [-0.2, -0.15) is 0 Å². The topological polar surface area (TPSA) is 84.6 Å². The average molecular weight is 273 g/mol. The Morgan fingerprint density at radius 3 is 2.83 bits per heavy atom. The third kappa shape index (κ3) is 4.09.